The third-order valence-electron chi connectivity index (χ3n) is 10.8. The van der Waals surface area contributed by atoms with Gasteiger partial charge in [0.25, 0.3) is 0 Å². The van der Waals surface area contributed by atoms with Gasteiger partial charge in [-0.25, -0.2) is 0 Å². The van der Waals surface area contributed by atoms with Crippen molar-refractivity contribution in [1.82, 2.24) is 0 Å². The van der Waals surface area contributed by atoms with Crippen molar-refractivity contribution in [1.29, 1.82) is 0 Å². The second-order valence-electron chi connectivity index (χ2n) is 14.4. The molecule has 7 aromatic carbocycles. The van der Waals surface area contributed by atoms with Gasteiger partial charge in [-0.2, -0.15) is 0 Å². The largest absolute Gasteiger partial charge is 0.306 e. The van der Waals surface area contributed by atoms with Gasteiger partial charge in [0.1, 0.15) is 0 Å². The van der Waals surface area contributed by atoms with Crippen LogP contribution in [0.2, 0.25) is 0 Å². The maximum Gasteiger partial charge on any atom is 0.0703 e. The van der Waals surface area contributed by atoms with Crippen molar-refractivity contribution < 1.29 is 0 Å². The van der Waals surface area contributed by atoms with Crippen LogP contribution < -0.4 is 19.6 Å². The monoisotopic (exact) mass is 702 g/mol. The van der Waals surface area contributed by atoms with Gasteiger partial charge < -0.3 is 19.6 Å². The first kappa shape index (κ1) is 33.6. The molecule has 0 atom stereocenters. The Hall–Kier alpha value is -6.26. The summed E-state index contributed by atoms with van der Waals surface area (Å²) in [6.07, 6.45) is 7.06. The van der Waals surface area contributed by atoms with Crippen LogP contribution in [0.1, 0.15) is 50.7 Å². The fourth-order valence-electron chi connectivity index (χ4n) is 8.16. The van der Waals surface area contributed by atoms with Crippen molar-refractivity contribution >= 4 is 68.2 Å². The molecule has 9 rings (SSSR count). The van der Waals surface area contributed by atoms with Gasteiger partial charge in [-0.3, -0.25) is 0 Å². The summed E-state index contributed by atoms with van der Waals surface area (Å²) in [7, 11) is 0. The van der Waals surface area contributed by atoms with Gasteiger partial charge in [-0.15, -0.1) is 0 Å². The first-order valence-corrected chi connectivity index (χ1v) is 19.6. The van der Waals surface area contributed by atoms with Gasteiger partial charge in [-0.05, 0) is 128 Å². The molecule has 0 aromatic heterocycles. The predicted octanol–water partition coefficient (Wildman–Crippen LogP) is 14.9. The summed E-state index contributed by atoms with van der Waals surface area (Å²) in [6.45, 7) is 4.51. The zero-order valence-corrected chi connectivity index (χ0v) is 31.2. The number of fused-ring (bicyclic) bond motifs is 4. The first-order valence-electron chi connectivity index (χ1n) is 19.6. The maximum atomic E-state index is 2.43. The smallest absolute Gasteiger partial charge is 0.0703 e. The minimum absolute atomic E-state index is 1.11. The number of unbranched alkanes of at least 4 members (excludes halogenated alkanes) is 2. The van der Waals surface area contributed by atoms with Gasteiger partial charge >= 0.3 is 0 Å². The molecule has 0 bridgehead atoms. The second-order valence-corrected chi connectivity index (χ2v) is 14.4. The third-order valence-corrected chi connectivity index (χ3v) is 10.8. The molecule has 0 unspecified atom stereocenters. The van der Waals surface area contributed by atoms with Gasteiger partial charge in [0.05, 0.1) is 45.5 Å². The molecule has 54 heavy (non-hydrogen) atoms. The molecule has 7 aromatic rings. The molecule has 4 nitrogen and oxygen atoms in total. The van der Waals surface area contributed by atoms with E-state index in [0.717, 1.165) is 69.7 Å². The van der Waals surface area contributed by atoms with Crippen LogP contribution in [-0.2, 0) is 12.8 Å². The highest BCUT2D eigenvalue weighted by molar-refractivity contribution is 6.04. The van der Waals surface area contributed by atoms with E-state index < -0.39 is 0 Å². The summed E-state index contributed by atoms with van der Waals surface area (Å²) in [5.41, 5.74) is 16.6. The van der Waals surface area contributed by atoms with Gasteiger partial charge in [-0.1, -0.05) is 106 Å². The van der Waals surface area contributed by atoms with Crippen LogP contribution in [0.15, 0.2) is 170 Å². The number of anilines is 12. The molecule has 2 heterocycles. The summed E-state index contributed by atoms with van der Waals surface area (Å²) in [4.78, 5) is 9.68. The van der Waals surface area contributed by atoms with E-state index in [9.17, 15) is 0 Å². The van der Waals surface area contributed by atoms with Crippen LogP contribution in [0, 0.1) is 0 Å². The summed E-state index contributed by atoms with van der Waals surface area (Å²) in [5.74, 6) is 0. The highest BCUT2D eigenvalue weighted by atomic mass is 15.3. The fraction of sp³-hybridized carbons (Fsp3) is 0.160. The van der Waals surface area contributed by atoms with Gasteiger partial charge in [0.15, 0.2) is 0 Å². The second kappa shape index (κ2) is 14.6. The minimum Gasteiger partial charge on any atom is -0.306 e. The zero-order chi connectivity index (χ0) is 36.4. The number of aryl methyl sites for hydroxylation is 2. The van der Waals surface area contributed by atoms with Crippen LogP contribution in [0.3, 0.4) is 0 Å². The molecule has 0 amide bonds. The Labute approximate surface area is 320 Å². The van der Waals surface area contributed by atoms with Crippen LogP contribution in [0.25, 0.3) is 0 Å². The fourth-order valence-corrected chi connectivity index (χ4v) is 8.16. The summed E-state index contributed by atoms with van der Waals surface area (Å²) < 4.78 is 0. The Morgan fingerprint density at radius 2 is 0.574 bits per heavy atom. The lowest BCUT2D eigenvalue weighted by Gasteiger charge is -2.42. The van der Waals surface area contributed by atoms with Gasteiger partial charge in [0, 0.05) is 22.7 Å². The van der Waals surface area contributed by atoms with E-state index in [0.29, 0.717) is 0 Å². The number of rotatable bonds is 10. The number of hydrogen-bond acceptors (Lipinski definition) is 4. The molecule has 0 saturated heterocycles. The highest BCUT2D eigenvalue weighted by Crippen LogP contribution is 2.57. The van der Waals surface area contributed by atoms with Crippen molar-refractivity contribution in [3.8, 4) is 0 Å². The number of benzene rings is 7. The molecule has 2 aliphatic heterocycles. The summed E-state index contributed by atoms with van der Waals surface area (Å²) in [5, 5.41) is 0. The molecule has 0 saturated carbocycles. The first-order chi connectivity index (χ1) is 26.7. The topological polar surface area (TPSA) is 13.0 Å². The summed E-state index contributed by atoms with van der Waals surface area (Å²) in [6, 6.07) is 62.5. The van der Waals surface area contributed by atoms with Crippen LogP contribution in [0.5, 0.6) is 0 Å². The van der Waals surface area contributed by atoms with E-state index in [2.05, 4.69) is 203 Å². The van der Waals surface area contributed by atoms with Crippen LogP contribution in [0.4, 0.5) is 68.2 Å². The number of para-hydroxylation sites is 8. The molecule has 4 heteroatoms. The van der Waals surface area contributed by atoms with Crippen LogP contribution in [-0.4, -0.2) is 0 Å². The quantitative estimate of drug-likeness (QED) is 0.141. The van der Waals surface area contributed by atoms with E-state index in [-0.39, 0.29) is 0 Å². The molecule has 266 valence electrons. The molecular weight excluding hydrogens is 657 g/mol. The van der Waals surface area contributed by atoms with E-state index in [1.54, 1.807) is 0 Å². The lowest BCUT2D eigenvalue weighted by atomic mass is 10.0. The normalized spacial score (nSPS) is 12.9. The van der Waals surface area contributed by atoms with E-state index in [1.165, 1.54) is 48.2 Å². The lowest BCUT2D eigenvalue weighted by molar-refractivity contribution is 0.795. The maximum absolute atomic E-state index is 2.43. The molecule has 0 aliphatic carbocycles. The Balaban J connectivity index is 1.13. The van der Waals surface area contributed by atoms with Crippen molar-refractivity contribution in [3.05, 3.63) is 181 Å². The molecule has 0 spiro atoms. The predicted molar refractivity (Wildman–Crippen MR) is 230 cm³/mol. The van der Waals surface area contributed by atoms with E-state index >= 15 is 0 Å². The Kier molecular flexibility index (Phi) is 9.10. The third kappa shape index (κ3) is 5.98. The molecule has 0 fully saturated rings. The average molecular weight is 703 g/mol. The average Bonchev–Trinajstić information content (AvgIpc) is 3.23. The van der Waals surface area contributed by atoms with Gasteiger partial charge in [0.2, 0.25) is 0 Å². The van der Waals surface area contributed by atoms with E-state index in [4.69, 9.17) is 0 Å². The minimum atomic E-state index is 1.11. The SMILES string of the molecule is CCCCc1ccc(N2c3ccccc3N(c3cccc(N4c5ccccc5N(c5ccc(CCCC)cc5)c5ccccc54)c3)c3ccccc32)cc1. The molecular formula is C50H46N4. The molecule has 0 N–H and O–H groups in total. The zero-order valence-electron chi connectivity index (χ0n) is 31.2. The van der Waals surface area contributed by atoms with Crippen LogP contribution >= 0.6 is 0 Å². The molecule has 0 radical (unpaired) electrons. The van der Waals surface area contributed by atoms with Crippen molar-refractivity contribution in [3.63, 3.8) is 0 Å². The Morgan fingerprint density at radius 1 is 0.296 bits per heavy atom. The Bertz CT molecular complexity index is 2140. The lowest BCUT2D eigenvalue weighted by Crippen LogP contribution is -2.25. The number of hydrogen-bond donors (Lipinski definition) is 0. The van der Waals surface area contributed by atoms with Crippen molar-refractivity contribution in [2.75, 3.05) is 19.6 Å². The standard InChI is InChI=1S/C50H46N4/c1-3-5-16-37-28-32-39(33-29-37)51-43-20-7-11-24-47(43)53(48-25-12-8-21-44(48)51)41-18-15-19-42(36-41)54-49-26-13-9-22-45(49)52(46-23-10-14-27-50(46)54)40-34-30-38(31-35-40)17-6-4-2/h7-15,18-36H,3-6,16-17H2,1-2H3. The number of nitrogens with zero attached hydrogens (tertiary/aromatic N) is 4. The highest BCUT2D eigenvalue weighted by Gasteiger charge is 2.33. The van der Waals surface area contributed by atoms with E-state index in [1.807, 2.05) is 0 Å². The summed E-state index contributed by atoms with van der Waals surface area (Å²) >= 11 is 0. The molecule has 2 aliphatic rings. The van der Waals surface area contributed by atoms with Crippen molar-refractivity contribution in [2.45, 2.75) is 52.4 Å². The van der Waals surface area contributed by atoms with Crippen molar-refractivity contribution in [2.24, 2.45) is 0 Å². The Morgan fingerprint density at radius 3 is 0.852 bits per heavy atom.